The maximum atomic E-state index is 5.97. The molecule has 3 aliphatic rings. The van der Waals surface area contributed by atoms with Crippen molar-refractivity contribution in [1.29, 1.82) is 0 Å². The molecule has 4 rings (SSSR count). The first-order valence-corrected chi connectivity index (χ1v) is 9.34. The maximum absolute atomic E-state index is 5.97. The van der Waals surface area contributed by atoms with Gasteiger partial charge in [0.25, 0.3) is 0 Å². The normalized spacial score (nSPS) is 34.3. The van der Waals surface area contributed by atoms with Crippen LogP contribution in [0.5, 0.6) is 0 Å². The summed E-state index contributed by atoms with van der Waals surface area (Å²) < 4.78 is 0. The minimum Gasteiger partial charge on any atom is -0.369 e. The van der Waals surface area contributed by atoms with Gasteiger partial charge in [-0.15, -0.1) is 0 Å². The van der Waals surface area contributed by atoms with E-state index in [1.54, 1.807) is 0 Å². The lowest BCUT2D eigenvalue weighted by Gasteiger charge is -2.58. The first-order valence-electron chi connectivity index (χ1n) is 9.34. The van der Waals surface area contributed by atoms with E-state index in [-0.39, 0.29) is 0 Å². The Bertz CT molecular complexity index is 560. The van der Waals surface area contributed by atoms with E-state index < -0.39 is 0 Å². The predicted molar refractivity (Wildman–Crippen MR) is 96.9 cm³/mol. The molecule has 1 saturated heterocycles. The third-order valence-electron chi connectivity index (χ3n) is 6.64. The molecule has 2 N–H and O–H groups in total. The van der Waals surface area contributed by atoms with Crippen molar-refractivity contribution in [2.45, 2.75) is 45.6 Å². The molecular weight excluding hydrogens is 282 g/mol. The number of benzene rings is 1. The molecule has 1 aliphatic heterocycles. The van der Waals surface area contributed by atoms with E-state index in [9.17, 15) is 0 Å². The summed E-state index contributed by atoms with van der Waals surface area (Å²) in [5.74, 6) is 0.940. The Balaban J connectivity index is 1.26. The van der Waals surface area contributed by atoms with E-state index in [0.717, 1.165) is 5.92 Å². The monoisotopic (exact) mass is 313 g/mol. The van der Waals surface area contributed by atoms with E-state index in [2.05, 4.69) is 41.8 Å². The lowest BCUT2D eigenvalue weighted by molar-refractivity contribution is -0.0507. The number of nitrogens with zero attached hydrogens (tertiary/aromatic N) is 2. The highest BCUT2D eigenvalue weighted by Gasteiger charge is 2.51. The Morgan fingerprint density at radius 2 is 1.74 bits per heavy atom. The third kappa shape index (κ3) is 2.89. The minimum atomic E-state index is 0.511. The van der Waals surface area contributed by atoms with Crippen LogP contribution in [-0.2, 0) is 0 Å². The molecule has 3 fully saturated rings. The van der Waals surface area contributed by atoms with Gasteiger partial charge in [0.2, 0.25) is 0 Å². The molecule has 1 aromatic carbocycles. The SMILES string of the molecule is Cc1cccc(N2CCN(CC3CC4(CC(N)C4)C3)CC2)c1C. The van der Waals surface area contributed by atoms with E-state index in [1.807, 2.05) is 0 Å². The Morgan fingerprint density at radius 3 is 2.39 bits per heavy atom. The maximum Gasteiger partial charge on any atom is 0.0399 e. The summed E-state index contributed by atoms with van der Waals surface area (Å²) in [5.41, 5.74) is 10.9. The van der Waals surface area contributed by atoms with E-state index in [0.29, 0.717) is 11.5 Å². The number of piperazine rings is 1. The van der Waals surface area contributed by atoms with Crippen LogP contribution < -0.4 is 10.6 Å². The van der Waals surface area contributed by atoms with Gasteiger partial charge in [-0.25, -0.2) is 0 Å². The molecule has 0 bridgehead atoms. The van der Waals surface area contributed by atoms with Gasteiger partial charge >= 0.3 is 0 Å². The van der Waals surface area contributed by atoms with Crippen molar-refractivity contribution in [3.63, 3.8) is 0 Å². The molecule has 2 saturated carbocycles. The fourth-order valence-electron chi connectivity index (χ4n) is 5.29. The van der Waals surface area contributed by atoms with Gasteiger partial charge < -0.3 is 10.6 Å². The van der Waals surface area contributed by atoms with Gasteiger partial charge in [-0.2, -0.15) is 0 Å². The average molecular weight is 313 g/mol. The van der Waals surface area contributed by atoms with Crippen LogP contribution >= 0.6 is 0 Å². The largest absolute Gasteiger partial charge is 0.369 e. The summed E-state index contributed by atoms with van der Waals surface area (Å²) in [5, 5.41) is 0. The van der Waals surface area contributed by atoms with Crippen LogP contribution in [0.1, 0.15) is 36.8 Å². The molecule has 2 aliphatic carbocycles. The lowest BCUT2D eigenvalue weighted by Crippen LogP contribution is -2.56. The minimum absolute atomic E-state index is 0.511. The second kappa shape index (κ2) is 5.78. The Morgan fingerprint density at radius 1 is 1.04 bits per heavy atom. The summed E-state index contributed by atoms with van der Waals surface area (Å²) in [6, 6.07) is 7.21. The van der Waals surface area contributed by atoms with Crippen molar-refractivity contribution in [1.82, 2.24) is 4.90 Å². The van der Waals surface area contributed by atoms with Crippen LogP contribution in [0.3, 0.4) is 0 Å². The Labute approximate surface area is 140 Å². The summed E-state index contributed by atoms with van der Waals surface area (Å²) in [7, 11) is 0. The van der Waals surface area contributed by atoms with Crippen molar-refractivity contribution in [3.05, 3.63) is 29.3 Å². The average Bonchev–Trinajstić information content (AvgIpc) is 2.47. The molecule has 0 atom stereocenters. The van der Waals surface area contributed by atoms with Gasteiger partial charge in [0, 0.05) is 44.5 Å². The fourth-order valence-corrected chi connectivity index (χ4v) is 5.29. The van der Waals surface area contributed by atoms with Gasteiger partial charge in [0.05, 0.1) is 0 Å². The Hall–Kier alpha value is -1.06. The number of anilines is 1. The van der Waals surface area contributed by atoms with Crippen LogP contribution in [0.4, 0.5) is 5.69 Å². The van der Waals surface area contributed by atoms with E-state index >= 15 is 0 Å². The number of hydrogen-bond acceptors (Lipinski definition) is 3. The zero-order valence-corrected chi connectivity index (χ0v) is 14.7. The standard InChI is InChI=1S/C20H31N3/c1-15-4-3-5-19(16(15)2)23-8-6-22(7-9-23)14-17-10-20(11-17)12-18(21)13-20/h3-5,17-18H,6-14,21H2,1-2H3. The van der Waals surface area contributed by atoms with Crippen LogP contribution in [0.15, 0.2) is 18.2 Å². The molecule has 3 nitrogen and oxygen atoms in total. The van der Waals surface area contributed by atoms with Gasteiger partial charge in [-0.1, -0.05) is 12.1 Å². The summed E-state index contributed by atoms with van der Waals surface area (Å²) in [6.45, 7) is 10.6. The van der Waals surface area contributed by atoms with Gasteiger partial charge in [0.15, 0.2) is 0 Å². The smallest absolute Gasteiger partial charge is 0.0399 e. The molecule has 126 valence electrons. The lowest BCUT2D eigenvalue weighted by atomic mass is 9.50. The molecule has 0 aromatic heterocycles. The topological polar surface area (TPSA) is 32.5 Å². The van der Waals surface area contributed by atoms with Crippen molar-refractivity contribution in [2.24, 2.45) is 17.1 Å². The molecule has 0 unspecified atom stereocenters. The molecular formula is C20H31N3. The van der Waals surface area contributed by atoms with Crippen LogP contribution in [0, 0.1) is 25.2 Å². The van der Waals surface area contributed by atoms with E-state index in [1.165, 1.54) is 75.2 Å². The molecule has 1 heterocycles. The molecule has 3 heteroatoms. The Kier molecular flexibility index (Phi) is 3.89. The molecule has 23 heavy (non-hydrogen) atoms. The van der Waals surface area contributed by atoms with Gasteiger partial charge in [-0.3, -0.25) is 4.90 Å². The predicted octanol–water partition coefficient (Wildman–Crippen LogP) is 2.94. The first kappa shape index (κ1) is 15.5. The zero-order chi connectivity index (χ0) is 16.0. The van der Waals surface area contributed by atoms with Crippen molar-refractivity contribution in [2.75, 3.05) is 37.6 Å². The molecule has 1 aromatic rings. The van der Waals surface area contributed by atoms with Gasteiger partial charge in [-0.05, 0) is 68.1 Å². The third-order valence-corrected chi connectivity index (χ3v) is 6.64. The zero-order valence-electron chi connectivity index (χ0n) is 14.7. The number of hydrogen-bond donors (Lipinski definition) is 1. The summed E-state index contributed by atoms with van der Waals surface area (Å²) in [4.78, 5) is 5.27. The molecule has 0 amide bonds. The second-order valence-electron chi connectivity index (χ2n) is 8.45. The van der Waals surface area contributed by atoms with Crippen LogP contribution in [0.2, 0.25) is 0 Å². The van der Waals surface area contributed by atoms with E-state index in [4.69, 9.17) is 5.73 Å². The van der Waals surface area contributed by atoms with Crippen molar-refractivity contribution >= 4 is 5.69 Å². The quantitative estimate of drug-likeness (QED) is 0.931. The number of aryl methyl sites for hydroxylation is 1. The highest BCUT2D eigenvalue weighted by molar-refractivity contribution is 5.56. The number of nitrogens with two attached hydrogens (primary N) is 1. The fraction of sp³-hybridized carbons (Fsp3) is 0.700. The van der Waals surface area contributed by atoms with Crippen LogP contribution in [0.25, 0.3) is 0 Å². The molecule has 1 spiro atoms. The summed E-state index contributed by atoms with van der Waals surface area (Å²) in [6.07, 6.45) is 5.48. The highest BCUT2D eigenvalue weighted by atomic mass is 15.3. The number of rotatable bonds is 3. The highest BCUT2D eigenvalue weighted by Crippen LogP contribution is 2.58. The summed E-state index contributed by atoms with van der Waals surface area (Å²) >= 11 is 0. The second-order valence-corrected chi connectivity index (χ2v) is 8.45. The molecule has 0 radical (unpaired) electrons. The first-order chi connectivity index (χ1) is 11.0. The van der Waals surface area contributed by atoms with Crippen molar-refractivity contribution < 1.29 is 0 Å². The van der Waals surface area contributed by atoms with Crippen molar-refractivity contribution in [3.8, 4) is 0 Å². The van der Waals surface area contributed by atoms with Crippen LogP contribution in [-0.4, -0.2) is 43.7 Å². The van der Waals surface area contributed by atoms with Gasteiger partial charge in [0.1, 0.15) is 0 Å².